The van der Waals surface area contributed by atoms with Gasteiger partial charge >= 0.3 is 11.9 Å². The molecule has 2 aromatic carbocycles. The summed E-state index contributed by atoms with van der Waals surface area (Å²) in [4.78, 5) is 79.8. The van der Waals surface area contributed by atoms with Gasteiger partial charge in [0.15, 0.2) is 0 Å². The van der Waals surface area contributed by atoms with Gasteiger partial charge in [0.25, 0.3) is 0 Å². The van der Waals surface area contributed by atoms with E-state index < -0.39 is 47.0 Å². The Hall–Kier alpha value is -5.78. The Morgan fingerprint density at radius 2 is 1.03 bits per heavy atom. The van der Waals surface area contributed by atoms with Crippen molar-refractivity contribution in [3.63, 3.8) is 0 Å². The van der Waals surface area contributed by atoms with Crippen LogP contribution in [0.3, 0.4) is 0 Å². The number of carbonyl (C=O) groups excluding carboxylic acids is 6. The molecule has 320 valence electrons. The number of esters is 2. The van der Waals surface area contributed by atoms with Crippen molar-refractivity contribution in [2.24, 2.45) is 11.7 Å². The zero-order chi connectivity index (χ0) is 41.8. The topological polar surface area (TPSA) is 293 Å². The molecule has 4 aromatic rings. The van der Waals surface area contributed by atoms with E-state index in [0.29, 0.717) is 6.42 Å². The molecule has 0 fully saturated rings. The molecule has 4 amide bonds. The van der Waals surface area contributed by atoms with Gasteiger partial charge in [0.2, 0.25) is 23.6 Å². The van der Waals surface area contributed by atoms with Crippen molar-refractivity contribution in [3.05, 3.63) is 72.1 Å². The van der Waals surface area contributed by atoms with Crippen LogP contribution in [0.15, 0.2) is 60.9 Å². The first-order valence-corrected chi connectivity index (χ1v) is 18.4. The first-order chi connectivity index (χ1) is 26.2. The molecule has 0 aliphatic heterocycles. The zero-order valence-corrected chi connectivity index (χ0v) is 35.0. The van der Waals surface area contributed by atoms with Crippen LogP contribution in [0.5, 0.6) is 0 Å². The number of rotatable bonds is 14. The normalized spacial score (nSPS) is 13.1. The number of nitrogens with two attached hydrogens (primary N) is 1. The van der Waals surface area contributed by atoms with Crippen molar-refractivity contribution in [2.45, 2.75) is 103 Å². The molecule has 2 heterocycles. The first kappa shape index (κ1) is 50.2. The molecule has 17 heteroatoms. The van der Waals surface area contributed by atoms with Gasteiger partial charge in [-0.15, -0.1) is 0 Å². The number of ether oxygens (including phenoxy) is 2. The maximum Gasteiger partial charge on any atom is 0.328 e. The number of amides is 4. The number of nitrogens with one attached hydrogen (secondary N) is 6. The predicted octanol–water partition coefficient (Wildman–Crippen LogP) is 2.65. The molecule has 58 heavy (non-hydrogen) atoms. The minimum atomic E-state index is -1.10. The molecule has 13 N–H and O–H groups in total. The highest BCUT2D eigenvalue weighted by molar-refractivity contribution is 5.93. The molecule has 17 nitrogen and oxygen atoms in total. The van der Waals surface area contributed by atoms with Gasteiger partial charge < -0.3 is 58.1 Å². The second kappa shape index (κ2) is 22.2. The van der Waals surface area contributed by atoms with E-state index in [4.69, 9.17) is 15.2 Å². The monoisotopic (exact) mass is 810 g/mol. The summed E-state index contributed by atoms with van der Waals surface area (Å²) in [6.45, 7) is 12.8. The molecule has 0 saturated carbocycles. The summed E-state index contributed by atoms with van der Waals surface area (Å²) in [7, 11) is 2.44. The predicted molar refractivity (Wildman–Crippen MR) is 223 cm³/mol. The highest BCUT2D eigenvalue weighted by Crippen LogP contribution is 2.21. The standard InChI is InChI=1S/C21H29N3O4.C20H28N4O4.H3N.H2O/c1-13(10-14-12-22-16-9-7-6-8-15(14)16)19(26)23-17(20(27)28-5)11-18(25)24-21(2,3)4;1-20(2,3)24-17(25)10-16(19(27)28-4)23-18(26)14(21)9-12-11-22-15-8-6-5-7-13(12)15;;/h6-9,12-13,17,22H,10-11H2,1-5H3,(H,23,26)(H,24,25);5-8,11,14,16,22H,9-10,21H2,1-4H3,(H,23,26)(H,24,25);1H3;1H2/t13-,17-;14-,16-;;/m00../s1. The van der Waals surface area contributed by atoms with Gasteiger partial charge in [-0.3, -0.25) is 19.2 Å². The quantitative estimate of drug-likeness (QED) is 0.0862. The smallest absolute Gasteiger partial charge is 0.328 e. The van der Waals surface area contributed by atoms with Crippen LogP contribution in [-0.4, -0.2) is 94.4 Å². The molecular formula is C41H62N8O9. The van der Waals surface area contributed by atoms with E-state index in [1.807, 2.05) is 102 Å². The SMILES string of the molecule is COC(=O)[C@H](CC(=O)NC(C)(C)C)NC(=O)[C@@H](C)Cc1c[nH]c2ccccc12.COC(=O)[C@H](CC(=O)NC(C)(C)C)NC(=O)[C@@H](N)Cc1c[nH]c2ccccc12.N.O. The molecule has 4 atom stereocenters. The lowest BCUT2D eigenvalue weighted by Crippen LogP contribution is -2.52. The van der Waals surface area contributed by atoms with Gasteiger partial charge in [-0.25, -0.2) is 9.59 Å². The molecule has 0 radical (unpaired) electrons. The van der Waals surface area contributed by atoms with Crippen LogP contribution < -0.4 is 33.2 Å². The highest BCUT2D eigenvalue weighted by atomic mass is 16.5. The van der Waals surface area contributed by atoms with Crippen molar-refractivity contribution in [3.8, 4) is 0 Å². The zero-order valence-electron chi connectivity index (χ0n) is 35.0. The van der Waals surface area contributed by atoms with E-state index >= 15 is 0 Å². The lowest BCUT2D eigenvalue weighted by atomic mass is 9.99. The van der Waals surface area contributed by atoms with Crippen molar-refractivity contribution in [2.75, 3.05) is 14.2 Å². The molecule has 0 aliphatic rings. The summed E-state index contributed by atoms with van der Waals surface area (Å²) in [5.74, 6) is -3.24. The number of carbonyl (C=O) groups is 6. The van der Waals surface area contributed by atoms with Crippen LogP contribution in [0.25, 0.3) is 21.8 Å². The minimum Gasteiger partial charge on any atom is -0.467 e. The Morgan fingerprint density at radius 1 is 0.655 bits per heavy atom. The Kier molecular flexibility index (Phi) is 19.3. The van der Waals surface area contributed by atoms with E-state index in [9.17, 15) is 28.8 Å². The third-order valence-corrected chi connectivity index (χ3v) is 8.51. The molecule has 0 unspecified atom stereocenters. The molecular weight excluding hydrogens is 748 g/mol. The number of hydrogen-bond donors (Lipinski definition) is 8. The van der Waals surface area contributed by atoms with Crippen LogP contribution in [0, 0.1) is 5.92 Å². The lowest BCUT2D eigenvalue weighted by Gasteiger charge is -2.23. The van der Waals surface area contributed by atoms with E-state index in [-0.39, 0.29) is 54.5 Å². The van der Waals surface area contributed by atoms with Crippen molar-refractivity contribution < 1.29 is 43.7 Å². The van der Waals surface area contributed by atoms with Gasteiger partial charge in [0.05, 0.1) is 33.1 Å². The fraction of sp³-hybridized carbons (Fsp3) is 0.463. The number of aromatic nitrogens is 2. The summed E-state index contributed by atoms with van der Waals surface area (Å²) in [6.07, 6.45) is 4.11. The molecule has 0 aliphatic carbocycles. The number of methoxy groups -OCH3 is 2. The number of fused-ring (bicyclic) bond motifs is 2. The third-order valence-electron chi connectivity index (χ3n) is 8.51. The maximum absolute atomic E-state index is 12.6. The molecule has 0 spiro atoms. The minimum absolute atomic E-state index is 0. The average Bonchev–Trinajstić information content (AvgIpc) is 3.72. The van der Waals surface area contributed by atoms with Crippen molar-refractivity contribution in [1.29, 1.82) is 0 Å². The van der Waals surface area contributed by atoms with Crippen molar-refractivity contribution in [1.82, 2.24) is 37.4 Å². The summed E-state index contributed by atoms with van der Waals surface area (Å²) < 4.78 is 9.46. The summed E-state index contributed by atoms with van der Waals surface area (Å²) in [5.41, 5.74) is 9.06. The van der Waals surface area contributed by atoms with Crippen LogP contribution in [0.1, 0.15) is 72.4 Å². The summed E-state index contributed by atoms with van der Waals surface area (Å²) in [6, 6.07) is 12.6. The Bertz CT molecular complexity index is 1850. The summed E-state index contributed by atoms with van der Waals surface area (Å²) in [5, 5.41) is 12.8. The fourth-order valence-electron chi connectivity index (χ4n) is 5.93. The summed E-state index contributed by atoms with van der Waals surface area (Å²) >= 11 is 0. The lowest BCUT2D eigenvalue weighted by molar-refractivity contribution is -0.147. The Labute approximate surface area is 339 Å². The number of aromatic amines is 2. The number of para-hydroxylation sites is 2. The van der Waals surface area contributed by atoms with Crippen LogP contribution in [0.4, 0.5) is 0 Å². The number of benzene rings is 2. The van der Waals surface area contributed by atoms with E-state index in [2.05, 4.69) is 31.2 Å². The molecule has 4 rings (SSSR count). The van der Waals surface area contributed by atoms with Crippen molar-refractivity contribution >= 4 is 57.4 Å². The Balaban J connectivity index is 0.000000561. The van der Waals surface area contributed by atoms with Gasteiger partial charge in [-0.1, -0.05) is 43.3 Å². The van der Waals surface area contributed by atoms with Gasteiger partial charge in [0.1, 0.15) is 12.1 Å². The van der Waals surface area contributed by atoms with E-state index in [1.165, 1.54) is 14.2 Å². The van der Waals surface area contributed by atoms with Crippen LogP contribution >= 0.6 is 0 Å². The molecule has 0 saturated heterocycles. The fourth-order valence-corrected chi connectivity index (χ4v) is 5.93. The van der Waals surface area contributed by atoms with Gasteiger partial charge in [0, 0.05) is 51.2 Å². The number of hydrogen-bond acceptors (Lipinski definition) is 10. The first-order valence-electron chi connectivity index (χ1n) is 18.4. The molecule has 0 bridgehead atoms. The second-order valence-electron chi connectivity index (χ2n) is 15.8. The highest BCUT2D eigenvalue weighted by Gasteiger charge is 2.30. The maximum atomic E-state index is 12.6. The van der Waals surface area contributed by atoms with E-state index in [1.54, 1.807) is 6.92 Å². The van der Waals surface area contributed by atoms with Crippen LogP contribution in [-0.2, 0) is 51.1 Å². The Morgan fingerprint density at radius 3 is 1.43 bits per heavy atom. The largest absolute Gasteiger partial charge is 0.467 e. The average molecular weight is 811 g/mol. The second-order valence-corrected chi connectivity index (χ2v) is 15.8. The third kappa shape index (κ3) is 15.6. The molecule has 2 aromatic heterocycles. The van der Waals surface area contributed by atoms with Gasteiger partial charge in [-0.2, -0.15) is 0 Å². The number of H-pyrrole nitrogens is 2. The van der Waals surface area contributed by atoms with Crippen LogP contribution in [0.2, 0.25) is 0 Å². The van der Waals surface area contributed by atoms with E-state index in [0.717, 1.165) is 32.9 Å². The van der Waals surface area contributed by atoms with Gasteiger partial charge in [-0.05, 0) is 77.6 Å².